The van der Waals surface area contributed by atoms with Crippen molar-refractivity contribution in [1.29, 1.82) is 0 Å². The van der Waals surface area contributed by atoms with Crippen LogP contribution < -0.4 is 10.1 Å². The Morgan fingerprint density at radius 3 is 2.90 bits per heavy atom. The molecular weight excluding hydrogens is 330 g/mol. The topological polar surface area (TPSA) is 39.1 Å². The first kappa shape index (κ1) is 16.0. The number of aromatic nitrogens is 2. The number of nitrogens with zero attached hydrogens (tertiary/aromatic N) is 2. The van der Waals surface area contributed by atoms with Gasteiger partial charge in [-0.3, -0.25) is 4.68 Å². The van der Waals surface area contributed by atoms with E-state index >= 15 is 0 Å². The van der Waals surface area contributed by atoms with Gasteiger partial charge in [-0.25, -0.2) is 0 Å². The van der Waals surface area contributed by atoms with E-state index in [9.17, 15) is 0 Å². The highest BCUT2D eigenvalue weighted by Crippen LogP contribution is 2.23. The molecule has 0 aliphatic rings. The fourth-order valence-corrected chi connectivity index (χ4v) is 2.53. The van der Waals surface area contributed by atoms with Crippen molar-refractivity contribution in [1.82, 2.24) is 15.1 Å². The van der Waals surface area contributed by atoms with E-state index in [-0.39, 0.29) is 0 Å². The summed E-state index contributed by atoms with van der Waals surface area (Å²) in [5, 5.41) is 7.64. The van der Waals surface area contributed by atoms with Gasteiger partial charge in [-0.05, 0) is 30.7 Å². The molecule has 21 heavy (non-hydrogen) atoms. The molecule has 5 heteroatoms. The maximum absolute atomic E-state index is 5.79. The first-order chi connectivity index (χ1) is 10.2. The van der Waals surface area contributed by atoms with E-state index in [2.05, 4.69) is 45.4 Å². The normalized spacial score (nSPS) is 10.8. The summed E-state index contributed by atoms with van der Waals surface area (Å²) in [6.07, 6.45) is 3.82. The van der Waals surface area contributed by atoms with Crippen LogP contribution in [0.3, 0.4) is 0 Å². The van der Waals surface area contributed by atoms with Gasteiger partial charge in [-0.15, -0.1) is 0 Å². The van der Waals surface area contributed by atoms with Gasteiger partial charge in [0.15, 0.2) is 0 Å². The Bertz CT molecular complexity index is 568. The minimum absolute atomic E-state index is 0.754. The van der Waals surface area contributed by atoms with Gasteiger partial charge in [0.25, 0.3) is 0 Å². The van der Waals surface area contributed by atoms with E-state index in [1.54, 1.807) is 0 Å². The number of nitrogens with one attached hydrogen (secondary N) is 1. The standard InChI is InChI=1S/C16H22BrN3O/c1-3-10-21-16-5-4-14(17)11-13(16)12-18-8-6-15-7-9-19-20(15)2/h4-5,7,9,11,18H,3,6,8,10,12H2,1-2H3. The van der Waals surface area contributed by atoms with Crippen molar-refractivity contribution in [3.05, 3.63) is 46.2 Å². The molecule has 4 nitrogen and oxygen atoms in total. The van der Waals surface area contributed by atoms with Crippen LogP contribution in [-0.2, 0) is 20.0 Å². The molecule has 114 valence electrons. The molecule has 0 fully saturated rings. The highest BCUT2D eigenvalue weighted by atomic mass is 79.9. The first-order valence-corrected chi connectivity index (χ1v) is 8.09. The summed E-state index contributed by atoms with van der Waals surface area (Å²) >= 11 is 3.52. The van der Waals surface area contributed by atoms with Crippen molar-refractivity contribution in [3.63, 3.8) is 0 Å². The Labute approximate surface area is 134 Å². The monoisotopic (exact) mass is 351 g/mol. The van der Waals surface area contributed by atoms with Gasteiger partial charge in [0.05, 0.1) is 6.61 Å². The van der Waals surface area contributed by atoms with Crippen LogP contribution in [0.1, 0.15) is 24.6 Å². The van der Waals surface area contributed by atoms with E-state index in [0.717, 1.165) is 42.8 Å². The van der Waals surface area contributed by atoms with E-state index in [4.69, 9.17) is 4.74 Å². The Kier molecular flexibility index (Phi) is 6.26. The van der Waals surface area contributed by atoms with Crippen LogP contribution in [0.25, 0.3) is 0 Å². The second-order valence-electron chi connectivity index (χ2n) is 4.97. The molecule has 0 unspecified atom stereocenters. The number of hydrogen-bond donors (Lipinski definition) is 1. The van der Waals surface area contributed by atoms with Crippen LogP contribution in [0.5, 0.6) is 5.75 Å². The molecule has 2 aromatic rings. The van der Waals surface area contributed by atoms with Gasteiger partial charge in [0, 0.05) is 48.5 Å². The molecule has 0 saturated heterocycles. The SMILES string of the molecule is CCCOc1ccc(Br)cc1CNCCc1ccnn1C. The zero-order valence-electron chi connectivity index (χ0n) is 12.6. The molecule has 0 amide bonds. The van der Waals surface area contributed by atoms with Crippen LogP contribution in [0.4, 0.5) is 0 Å². The maximum atomic E-state index is 5.79. The number of benzene rings is 1. The summed E-state index contributed by atoms with van der Waals surface area (Å²) in [6.45, 7) is 4.59. The minimum Gasteiger partial charge on any atom is -0.493 e. The molecule has 2 rings (SSSR count). The van der Waals surface area contributed by atoms with E-state index in [1.165, 1.54) is 11.3 Å². The molecule has 1 aromatic carbocycles. The molecule has 0 radical (unpaired) electrons. The van der Waals surface area contributed by atoms with Crippen LogP contribution in [0.2, 0.25) is 0 Å². The van der Waals surface area contributed by atoms with Crippen molar-refractivity contribution < 1.29 is 4.74 Å². The molecule has 0 aliphatic heterocycles. The zero-order valence-corrected chi connectivity index (χ0v) is 14.2. The van der Waals surface area contributed by atoms with E-state index in [1.807, 2.05) is 30.1 Å². The Hall–Kier alpha value is -1.33. The van der Waals surface area contributed by atoms with Crippen LogP contribution in [-0.4, -0.2) is 22.9 Å². The third-order valence-electron chi connectivity index (χ3n) is 3.28. The van der Waals surface area contributed by atoms with Gasteiger partial charge >= 0.3 is 0 Å². The smallest absolute Gasteiger partial charge is 0.123 e. The Balaban J connectivity index is 1.87. The number of rotatable bonds is 8. The number of aryl methyl sites for hydroxylation is 1. The average molecular weight is 352 g/mol. The van der Waals surface area contributed by atoms with Crippen molar-refractivity contribution in [2.45, 2.75) is 26.3 Å². The molecule has 0 saturated carbocycles. The average Bonchev–Trinajstić information content (AvgIpc) is 2.88. The van der Waals surface area contributed by atoms with Gasteiger partial charge in [-0.2, -0.15) is 5.10 Å². The number of hydrogen-bond acceptors (Lipinski definition) is 3. The summed E-state index contributed by atoms with van der Waals surface area (Å²) in [5.74, 6) is 0.966. The van der Waals surface area contributed by atoms with Crippen LogP contribution in [0, 0.1) is 0 Å². The van der Waals surface area contributed by atoms with Gasteiger partial charge in [-0.1, -0.05) is 22.9 Å². The van der Waals surface area contributed by atoms with E-state index in [0.29, 0.717) is 0 Å². The Morgan fingerprint density at radius 1 is 1.33 bits per heavy atom. The van der Waals surface area contributed by atoms with Crippen molar-refractivity contribution >= 4 is 15.9 Å². The molecular formula is C16H22BrN3O. The molecule has 0 aliphatic carbocycles. The maximum Gasteiger partial charge on any atom is 0.123 e. The highest BCUT2D eigenvalue weighted by Gasteiger charge is 2.05. The van der Waals surface area contributed by atoms with Gasteiger partial charge in [0.1, 0.15) is 5.75 Å². The fraction of sp³-hybridized carbons (Fsp3) is 0.438. The van der Waals surface area contributed by atoms with Crippen LogP contribution >= 0.6 is 15.9 Å². The third-order valence-corrected chi connectivity index (χ3v) is 3.77. The lowest BCUT2D eigenvalue weighted by Crippen LogP contribution is -2.18. The summed E-state index contributed by atoms with van der Waals surface area (Å²) in [7, 11) is 1.97. The van der Waals surface area contributed by atoms with Crippen molar-refractivity contribution in [2.75, 3.05) is 13.2 Å². The zero-order chi connectivity index (χ0) is 15.1. The molecule has 1 aromatic heterocycles. The summed E-state index contributed by atoms with van der Waals surface area (Å²) < 4.78 is 8.78. The second kappa shape index (κ2) is 8.20. The number of halogens is 1. The summed E-state index contributed by atoms with van der Waals surface area (Å²) in [4.78, 5) is 0. The third kappa shape index (κ3) is 4.86. The predicted octanol–water partition coefficient (Wildman–Crippen LogP) is 3.30. The quantitative estimate of drug-likeness (QED) is 0.741. The molecule has 0 spiro atoms. The Morgan fingerprint density at radius 2 is 2.19 bits per heavy atom. The van der Waals surface area contributed by atoms with Crippen molar-refractivity contribution in [3.8, 4) is 5.75 Å². The molecule has 0 bridgehead atoms. The van der Waals surface area contributed by atoms with Crippen molar-refractivity contribution in [2.24, 2.45) is 7.05 Å². The lowest BCUT2D eigenvalue weighted by molar-refractivity contribution is 0.313. The largest absolute Gasteiger partial charge is 0.493 e. The predicted molar refractivity (Wildman–Crippen MR) is 88.5 cm³/mol. The lowest BCUT2D eigenvalue weighted by atomic mass is 10.2. The summed E-state index contributed by atoms with van der Waals surface area (Å²) in [5.41, 5.74) is 2.42. The molecule has 0 atom stereocenters. The second-order valence-corrected chi connectivity index (χ2v) is 5.89. The number of ether oxygens (including phenoxy) is 1. The minimum atomic E-state index is 0.754. The van der Waals surface area contributed by atoms with Gasteiger partial charge < -0.3 is 10.1 Å². The van der Waals surface area contributed by atoms with E-state index < -0.39 is 0 Å². The summed E-state index contributed by atoms with van der Waals surface area (Å²) in [6, 6.07) is 8.21. The molecule has 1 heterocycles. The highest BCUT2D eigenvalue weighted by molar-refractivity contribution is 9.10. The van der Waals surface area contributed by atoms with Gasteiger partial charge in [0.2, 0.25) is 0 Å². The fourth-order valence-electron chi connectivity index (χ4n) is 2.13. The van der Waals surface area contributed by atoms with Crippen LogP contribution in [0.15, 0.2) is 34.9 Å². The molecule has 1 N–H and O–H groups in total. The lowest BCUT2D eigenvalue weighted by Gasteiger charge is -2.12. The first-order valence-electron chi connectivity index (χ1n) is 7.29.